The number of carbonyl (C=O) groups excluding carboxylic acids is 1. The average molecular weight is 420 g/mol. The molecule has 0 aliphatic heterocycles. The van der Waals surface area contributed by atoms with Gasteiger partial charge in [-0.3, -0.25) is 4.79 Å². The molecule has 4 rings (SSSR count). The Morgan fingerprint density at radius 2 is 1.71 bits per heavy atom. The van der Waals surface area contributed by atoms with Crippen LogP contribution in [0.25, 0.3) is 10.9 Å². The van der Waals surface area contributed by atoms with Crippen LogP contribution in [0.4, 0.5) is 10.1 Å². The standard InChI is InChI=1S/C24H21FN2O4/c25-17-2-6-20(7-3-17)31-21-8-4-18(5-9-21)27-24(30)15-1-10-22-16(11-19(29)14-28)13-26-23(22)12-15/h1-10,12-13,19,26,28-29H,11,14H2,(H,27,30)/t19-/m0/s1. The third-order valence-electron chi connectivity index (χ3n) is 4.86. The molecule has 1 heterocycles. The van der Waals surface area contributed by atoms with E-state index < -0.39 is 6.10 Å². The largest absolute Gasteiger partial charge is 0.457 e. The molecule has 31 heavy (non-hydrogen) atoms. The van der Waals surface area contributed by atoms with Gasteiger partial charge in [0.1, 0.15) is 17.3 Å². The van der Waals surface area contributed by atoms with E-state index in [1.165, 1.54) is 24.3 Å². The number of aromatic amines is 1. The molecule has 7 heteroatoms. The van der Waals surface area contributed by atoms with Crippen molar-refractivity contribution >= 4 is 22.5 Å². The molecule has 1 aromatic heterocycles. The van der Waals surface area contributed by atoms with E-state index in [0.29, 0.717) is 29.2 Å². The summed E-state index contributed by atoms with van der Waals surface area (Å²) in [4.78, 5) is 15.7. The van der Waals surface area contributed by atoms with Gasteiger partial charge in [-0.2, -0.15) is 0 Å². The molecule has 0 saturated carbocycles. The summed E-state index contributed by atoms with van der Waals surface area (Å²) >= 11 is 0. The van der Waals surface area contributed by atoms with Crippen LogP contribution in [0.5, 0.6) is 11.5 Å². The molecule has 3 aromatic carbocycles. The number of benzene rings is 3. The fraction of sp³-hybridized carbons (Fsp3) is 0.125. The average Bonchev–Trinajstić information content (AvgIpc) is 3.18. The van der Waals surface area contributed by atoms with Crippen LogP contribution in [0, 0.1) is 5.82 Å². The second kappa shape index (κ2) is 8.99. The fourth-order valence-corrected chi connectivity index (χ4v) is 3.26. The molecule has 4 N–H and O–H groups in total. The summed E-state index contributed by atoms with van der Waals surface area (Å²) in [6.45, 7) is -0.305. The van der Waals surface area contributed by atoms with Crippen molar-refractivity contribution in [2.45, 2.75) is 12.5 Å². The van der Waals surface area contributed by atoms with E-state index in [-0.39, 0.29) is 18.3 Å². The maximum absolute atomic E-state index is 13.0. The van der Waals surface area contributed by atoms with Gasteiger partial charge < -0.3 is 25.3 Å². The highest BCUT2D eigenvalue weighted by Gasteiger charge is 2.12. The van der Waals surface area contributed by atoms with Crippen molar-refractivity contribution in [2.75, 3.05) is 11.9 Å². The highest BCUT2D eigenvalue weighted by Crippen LogP contribution is 2.24. The zero-order valence-electron chi connectivity index (χ0n) is 16.5. The molecule has 0 fully saturated rings. The number of anilines is 1. The summed E-state index contributed by atoms with van der Waals surface area (Å²) in [5.41, 5.74) is 2.74. The highest BCUT2D eigenvalue weighted by atomic mass is 19.1. The Kier molecular flexibility index (Phi) is 5.97. The predicted octanol–water partition coefficient (Wildman–Crippen LogP) is 4.25. The molecule has 6 nitrogen and oxygen atoms in total. The molecule has 0 aliphatic carbocycles. The Morgan fingerprint density at radius 3 is 2.39 bits per heavy atom. The molecule has 0 aliphatic rings. The molecule has 0 radical (unpaired) electrons. The van der Waals surface area contributed by atoms with Crippen molar-refractivity contribution in [1.29, 1.82) is 0 Å². The SMILES string of the molecule is O=C(Nc1ccc(Oc2ccc(F)cc2)cc1)c1ccc2c(C[C@H](O)CO)c[nH]c2c1. The molecule has 1 amide bonds. The zero-order valence-corrected chi connectivity index (χ0v) is 16.5. The number of hydrogen-bond donors (Lipinski definition) is 4. The lowest BCUT2D eigenvalue weighted by molar-refractivity contribution is 0.0957. The number of carbonyl (C=O) groups is 1. The number of H-pyrrole nitrogens is 1. The Morgan fingerprint density at radius 1 is 1.03 bits per heavy atom. The minimum atomic E-state index is -0.822. The number of fused-ring (bicyclic) bond motifs is 1. The number of hydrogen-bond acceptors (Lipinski definition) is 4. The highest BCUT2D eigenvalue weighted by molar-refractivity contribution is 6.06. The van der Waals surface area contributed by atoms with Crippen LogP contribution >= 0.6 is 0 Å². The minimum absolute atomic E-state index is 0.263. The third kappa shape index (κ3) is 4.91. The lowest BCUT2D eigenvalue weighted by Gasteiger charge is -2.09. The van der Waals surface area contributed by atoms with Crippen LogP contribution in [0.15, 0.2) is 72.9 Å². The number of amides is 1. The van der Waals surface area contributed by atoms with Crippen molar-refractivity contribution in [2.24, 2.45) is 0 Å². The lowest BCUT2D eigenvalue weighted by atomic mass is 10.1. The molecule has 4 aromatic rings. The smallest absolute Gasteiger partial charge is 0.255 e. The minimum Gasteiger partial charge on any atom is -0.457 e. The van der Waals surface area contributed by atoms with Crippen molar-refractivity contribution < 1.29 is 24.1 Å². The van der Waals surface area contributed by atoms with Crippen molar-refractivity contribution in [3.8, 4) is 11.5 Å². The van der Waals surface area contributed by atoms with Crippen molar-refractivity contribution in [3.63, 3.8) is 0 Å². The van der Waals surface area contributed by atoms with Crippen LogP contribution < -0.4 is 10.1 Å². The van der Waals surface area contributed by atoms with Crippen LogP contribution in [-0.4, -0.2) is 33.8 Å². The van der Waals surface area contributed by atoms with Crippen molar-refractivity contribution in [1.82, 2.24) is 4.98 Å². The molecular formula is C24H21FN2O4. The molecule has 0 saturated heterocycles. The first-order chi connectivity index (χ1) is 15.0. The molecule has 158 valence electrons. The number of ether oxygens (including phenoxy) is 1. The Balaban J connectivity index is 1.42. The topological polar surface area (TPSA) is 94.6 Å². The summed E-state index contributed by atoms with van der Waals surface area (Å²) < 4.78 is 18.6. The summed E-state index contributed by atoms with van der Waals surface area (Å²) in [5.74, 6) is 0.487. The number of rotatable bonds is 7. The van der Waals surface area contributed by atoms with Crippen LogP contribution in [0.2, 0.25) is 0 Å². The first-order valence-corrected chi connectivity index (χ1v) is 9.75. The van der Waals surface area contributed by atoms with Gasteiger partial charge in [0.05, 0.1) is 12.7 Å². The number of halogens is 1. The van der Waals surface area contributed by atoms with Gasteiger partial charge in [-0.05, 0) is 66.2 Å². The van der Waals surface area contributed by atoms with Gasteiger partial charge >= 0.3 is 0 Å². The van der Waals surface area contributed by atoms with Crippen LogP contribution in [0.3, 0.4) is 0 Å². The quantitative estimate of drug-likeness (QED) is 0.360. The van der Waals surface area contributed by atoms with E-state index in [4.69, 9.17) is 9.84 Å². The van der Waals surface area contributed by atoms with Gasteiger partial charge in [-0.1, -0.05) is 6.07 Å². The second-order valence-electron chi connectivity index (χ2n) is 7.15. The first-order valence-electron chi connectivity index (χ1n) is 9.75. The van der Waals surface area contributed by atoms with E-state index in [1.807, 2.05) is 6.07 Å². The monoisotopic (exact) mass is 420 g/mol. The normalized spacial score (nSPS) is 12.0. The van der Waals surface area contributed by atoms with Gasteiger partial charge in [-0.25, -0.2) is 4.39 Å². The maximum Gasteiger partial charge on any atom is 0.255 e. The second-order valence-corrected chi connectivity index (χ2v) is 7.15. The van der Waals surface area contributed by atoms with E-state index in [1.54, 1.807) is 42.6 Å². The number of nitrogens with one attached hydrogen (secondary N) is 2. The molecule has 0 spiro atoms. The van der Waals surface area contributed by atoms with Crippen LogP contribution in [0.1, 0.15) is 15.9 Å². The molecular weight excluding hydrogens is 399 g/mol. The Bertz CT molecular complexity index is 1190. The van der Waals surface area contributed by atoms with E-state index in [2.05, 4.69) is 10.3 Å². The summed E-state index contributed by atoms with van der Waals surface area (Å²) in [6.07, 6.45) is 1.27. The zero-order chi connectivity index (χ0) is 21.8. The summed E-state index contributed by atoms with van der Waals surface area (Å²) in [7, 11) is 0. The first kappa shape index (κ1) is 20.6. The van der Waals surface area contributed by atoms with Gasteiger partial charge in [0.15, 0.2) is 0 Å². The molecule has 0 unspecified atom stereocenters. The third-order valence-corrected chi connectivity index (χ3v) is 4.86. The van der Waals surface area contributed by atoms with E-state index in [0.717, 1.165) is 16.5 Å². The number of aliphatic hydroxyl groups is 2. The number of aromatic nitrogens is 1. The van der Waals surface area contributed by atoms with Crippen molar-refractivity contribution in [3.05, 3.63) is 89.9 Å². The van der Waals surface area contributed by atoms with Gasteiger partial charge in [0.2, 0.25) is 0 Å². The Hall–Kier alpha value is -3.68. The predicted molar refractivity (Wildman–Crippen MR) is 116 cm³/mol. The van der Waals surface area contributed by atoms with Gasteiger partial charge in [0.25, 0.3) is 5.91 Å². The Labute approximate surface area is 177 Å². The van der Waals surface area contributed by atoms with Gasteiger partial charge in [0, 0.05) is 34.8 Å². The lowest BCUT2D eigenvalue weighted by Crippen LogP contribution is -2.14. The molecule has 0 bridgehead atoms. The van der Waals surface area contributed by atoms with Gasteiger partial charge in [-0.15, -0.1) is 0 Å². The number of aliphatic hydroxyl groups excluding tert-OH is 2. The molecule has 1 atom stereocenters. The van der Waals surface area contributed by atoms with Crippen LogP contribution in [-0.2, 0) is 6.42 Å². The van der Waals surface area contributed by atoms with E-state index >= 15 is 0 Å². The van der Waals surface area contributed by atoms with E-state index in [9.17, 15) is 14.3 Å². The summed E-state index contributed by atoms with van der Waals surface area (Å²) in [5, 5.41) is 22.4. The fourth-order valence-electron chi connectivity index (χ4n) is 3.26. The summed E-state index contributed by atoms with van der Waals surface area (Å²) in [6, 6.07) is 17.9. The maximum atomic E-state index is 13.0.